The number of hydrogen-bond donors (Lipinski definition) is 0. The van der Waals surface area contributed by atoms with Gasteiger partial charge in [-0.25, -0.2) is 0 Å². The maximum absolute atomic E-state index is 12.1. The Balaban J connectivity index is 3.23. The molecular formula is C8H4ClF3. The molecule has 0 unspecified atom stereocenters. The fourth-order valence-electron chi connectivity index (χ4n) is 0.760. The topological polar surface area (TPSA) is 0 Å². The van der Waals surface area contributed by atoms with Gasteiger partial charge in [0.1, 0.15) is 0 Å². The maximum Gasteiger partial charge on any atom is 0.417 e. The Hall–Kier alpha value is -0.700. The predicted molar refractivity (Wildman–Crippen MR) is 39.9 cm³/mol. The van der Waals surface area contributed by atoms with Crippen LogP contribution in [-0.4, -0.2) is 0 Å². The third kappa shape index (κ3) is 1.91. The van der Waals surface area contributed by atoms with E-state index in [4.69, 9.17) is 18.5 Å². The molecule has 0 saturated heterocycles. The van der Waals surface area contributed by atoms with Crippen molar-refractivity contribution in [2.45, 2.75) is 6.18 Å². The lowest BCUT2D eigenvalue weighted by Gasteiger charge is -2.08. The standard InChI is InChI=1S/C8H4ClF3/c1-5-2-3-7(9)6(4-5)8(10,11)12/h1-4H. The van der Waals surface area contributed by atoms with Crippen molar-refractivity contribution in [2.24, 2.45) is 0 Å². The van der Waals surface area contributed by atoms with Gasteiger partial charge in [-0.3, -0.25) is 0 Å². The molecule has 0 spiro atoms. The minimum atomic E-state index is -4.44. The van der Waals surface area contributed by atoms with Gasteiger partial charge in [0.15, 0.2) is 0 Å². The van der Waals surface area contributed by atoms with Gasteiger partial charge < -0.3 is 0 Å². The van der Waals surface area contributed by atoms with Crippen LogP contribution >= 0.6 is 11.6 Å². The first-order valence-corrected chi connectivity index (χ1v) is 3.41. The van der Waals surface area contributed by atoms with E-state index in [0.717, 1.165) is 12.1 Å². The second-order valence-electron chi connectivity index (χ2n) is 2.24. The molecule has 0 bridgehead atoms. The summed E-state index contributed by atoms with van der Waals surface area (Å²) in [4.78, 5) is 0. The molecule has 1 aromatic rings. The molecule has 0 aliphatic carbocycles. The molecule has 4 heteroatoms. The van der Waals surface area contributed by atoms with Gasteiger partial charge in [-0.15, -0.1) is 0 Å². The van der Waals surface area contributed by atoms with Gasteiger partial charge in [0, 0.05) is 0 Å². The zero-order valence-corrected chi connectivity index (χ0v) is 6.58. The number of rotatable bonds is 0. The van der Waals surface area contributed by atoms with Gasteiger partial charge in [0.05, 0.1) is 10.6 Å². The van der Waals surface area contributed by atoms with Crippen molar-refractivity contribution in [1.82, 2.24) is 0 Å². The average molecular weight is 193 g/mol. The van der Waals surface area contributed by atoms with E-state index in [2.05, 4.69) is 0 Å². The highest BCUT2D eigenvalue weighted by molar-refractivity contribution is 6.31. The fourth-order valence-corrected chi connectivity index (χ4v) is 0.985. The summed E-state index contributed by atoms with van der Waals surface area (Å²) in [6.07, 6.45) is -4.44. The Labute approximate surface area is 73.0 Å². The largest absolute Gasteiger partial charge is 0.417 e. The van der Waals surface area contributed by atoms with Crippen molar-refractivity contribution in [2.75, 3.05) is 0 Å². The molecular weight excluding hydrogens is 189 g/mol. The summed E-state index contributed by atoms with van der Waals surface area (Å²) in [5, 5.41) is -0.336. The Morgan fingerprint density at radius 3 is 2.25 bits per heavy atom. The van der Waals surface area contributed by atoms with Gasteiger partial charge >= 0.3 is 6.18 Å². The lowest BCUT2D eigenvalue weighted by Crippen LogP contribution is -2.05. The zero-order valence-electron chi connectivity index (χ0n) is 5.82. The first-order chi connectivity index (χ1) is 5.41. The molecule has 0 amide bonds. The van der Waals surface area contributed by atoms with Crippen molar-refractivity contribution < 1.29 is 13.2 Å². The van der Waals surface area contributed by atoms with Gasteiger partial charge in [0.25, 0.3) is 0 Å². The molecule has 0 heterocycles. The van der Waals surface area contributed by atoms with Crippen molar-refractivity contribution in [1.29, 1.82) is 0 Å². The van der Waals surface area contributed by atoms with Crippen LogP contribution in [0.3, 0.4) is 0 Å². The number of alkyl halides is 3. The van der Waals surface area contributed by atoms with E-state index in [0.29, 0.717) is 0 Å². The third-order valence-electron chi connectivity index (χ3n) is 1.30. The van der Waals surface area contributed by atoms with Crippen molar-refractivity contribution in [3.63, 3.8) is 0 Å². The monoisotopic (exact) mass is 192 g/mol. The molecule has 0 atom stereocenters. The molecule has 0 nitrogen and oxygen atoms in total. The second-order valence-corrected chi connectivity index (χ2v) is 2.64. The molecule has 0 fully saturated rings. The van der Waals surface area contributed by atoms with E-state index in [1.165, 1.54) is 6.07 Å². The highest BCUT2D eigenvalue weighted by atomic mass is 35.5. The van der Waals surface area contributed by atoms with E-state index < -0.39 is 11.7 Å². The van der Waals surface area contributed by atoms with Crippen molar-refractivity contribution in [3.05, 3.63) is 41.3 Å². The summed E-state index contributed by atoms with van der Waals surface area (Å²) < 4.78 is 36.3. The summed E-state index contributed by atoms with van der Waals surface area (Å²) in [5.41, 5.74) is -0.851. The van der Waals surface area contributed by atoms with E-state index in [1.807, 2.05) is 0 Å². The molecule has 0 aliphatic rings. The fraction of sp³-hybridized carbons (Fsp3) is 0.125. The van der Waals surface area contributed by atoms with Gasteiger partial charge in [0.2, 0.25) is 0 Å². The van der Waals surface area contributed by atoms with Crippen LogP contribution in [-0.2, 0) is 6.18 Å². The van der Waals surface area contributed by atoms with E-state index in [9.17, 15) is 13.2 Å². The summed E-state index contributed by atoms with van der Waals surface area (Å²) in [5.74, 6) is 0. The number of halogens is 4. The van der Waals surface area contributed by atoms with Crippen molar-refractivity contribution >= 4 is 11.6 Å². The Kier molecular flexibility index (Phi) is 2.33. The van der Waals surface area contributed by atoms with E-state index >= 15 is 0 Å². The average Bonchev–Trinajstić information content (AvgIpc) is 1.92. The van der Waals surface area contributed by atoms with Gasteiger partial charge in [-0.05, 0) is 24.6 Å². The van der Waals surface area contributed by atoms with E-state index in [1.54, 1.807) is 0 Å². The summed E-state index contributed by atoms with van der Waals surface area (Å²) >= 11 is 5.31. The molecule has 0 saturated carbocycles. The normalized spacial score (nSPS) is 11.8. The Bertz CT molecular complexity index is 291. The summed E-state index contributed by atoms with van der Waals surface area (Å²) in [6.45, 7) is 5.17. The quantitative estimate of drug-likeness (QED) is 0.591. The van der Waals surface area contributed by atoms with Crippen molar-refractivity contribution in [3.8, 4) is 0 Å². The van der Waals surface area contributed by atoms with Crippen LogP contribution in [0.15, 0.2) is 18.2 Å². The number of benzene rings is 1. The Morgan fingerprint density at radius 1 is 1.25 bits per heavy atom. The molecule has 1 aromatic carbocycles. The molecule has 0 aromatic heterocycles. The molecule has 2 radical (unpaired) electrons. The predicted octanol–water partition coefficient (Wildman–Crippen LogP) is 3.42. The minimum absolute atomic E-state index is 0.0479. The smallest absolute Gasteiger partial charge is 0.166 e. The third-order valence-corrected chi connectivity index (χ3v) is 1.63. The zero-order chi connectivity index (χ0) is 9.35. The first kappa shape index (κ1) is 9.39. The van der Waals surface area contributed by atoms with Crippen LogP contribution in [0.1, 0.15) is 11.1 Å². The van der Waals surface area contributed by atoms with Gasteiger partial charge in [-0.2, -0.15) is 13.2 Å². The first-order valence-electron chi connectivity index (χ1n) is 3.03. The van der Waals surface area contributed by atoms with E-state index in [-0.39, 0.29) is 10.6 Å². The molecule has 1 rings (SSSR count). The highest BCUT2D eigenvalue weighted by Gasteiger charge is 2.32. The van der Waals surface area contributed by atoms with Crippen LogP contribution < -0.4 is 0 Å². The van der Waals surface area contributed by atoms with Crippen LogP contribution in [0.2, 0.25) is 5.02 Å². The maximum atomic E-state index is 12.1. The van der Waals surface area contributed by atoms with Crippen LogP contribution in [0.25, 0.3) is 0 Å². The summed E-state index contributed by atoms with van der Waals surface area (Å²) in [6, 6.07) is 3.25. The lowest BCUT2D eigenvalue weighted by atomic mass is 10.1. The second kappa shape index (κ2) is 2.98. The van der Waals surface area contributed by atoms with Crippen LogP contribution in [0, 0.1) is 6.92 Å². The molecule has 0 aliphatic heterocycles. The van der Waals surface area contributed by atoms with Crippen LogP contribution in [0.5, 0.6) is 0 Å². The highest BCUT2D eigenvalue weighted by Crippen LogP contribution is 2.34. The lowest BCUT2D eigenvalue weighted by molar-refractivity contribution is -0.137. The van der Waals surface area contributed by atoms with Crippen LogP contribution in [0.4, 0.5) is 13.2 Å². The SMILES string of the molecule is [CH]c1ccc(Cl)c(C(F)(F)F)c1. The minimum Gasteiger partial charge on any atom is -0.166 e. The molecule has 64 valence electrons. The van der Waals surface area contributed by atoms with Gasteiger partial charge in [-0.1, -0.05) is 17.7 Å². The Morgan fingerprint density at radius 2 is 1.83 bits per heavy atom. The summed E-state index contributed by atoms with van der Waals surface area (Å²) in [7, 11) is 0. The molecule has 12 heavy (non-hydrogen) atoms. The number of hydrogen-bond acceptors (Lipinski definition) is 0. The molecule has 0 N–H and O–H groups in total.